The van der Waals surface area contributed by atoms with Gasteiger partial charge in [0.2, 0.25) is 27.6 Å². The van der Waals surface area contributed by atoms with E-state index in [1.165, 1.54) is 42.5 Å². The van der Waals surface area contributed by atoms with Gasteiger partial charge in [-0.3, -0.25) is 8.98 Å². The minimum absolute atomic E-state index is 0. The fourth-order valence-corrected chi connectivity index (χ4v) is 8.95. The van der Waals surface area contributed by atoms with Gasteiger partial charge in [0.1, 0.15) is 41.7 Å². The zero-order chi connectivity index (χ0) is 47.7. The van der Waals surface area contributed by atoms with E-state index in [2.05, 4.69) is 45.3 Å². The number of amides is 1. The maximum atomic E-state index is 13.0. The molecule has 1 aromatic heterocycles. The van der Waals surface area contributed by atoms with Crippen molar-refractivity contribution >= 4 is 119 Å². The summed E-state index contributed by atoms with van der Waals surface area (Å²) in [5.41, 5.74) is -1.43. The van der Waals surface area contributed by atoms with Gasteiger partial charge in [0.05, 0.1) is 31.9 Å². The van der Waals surface area contributed by atoms with Crippen LogP contribution in [0.5, 0.6) is 5.75 Å². The van der Waals surface area contributed by atoms with Crippen LogP contribution in [0.15, 0.2) is 121 Å². The van der Waals surface area contributed by atoms with E-state index in [-0.39, 0.29) is 175 Å². The molecule has 0 radical (unpaired) electrons. The molecule has 70 heavy (non-hydrogen) atoms. The number of aromatic nitrogens is 3. The molecule has 0 atom stereocenters. The van der Waals surface area contributed by atoms with Crippen LogP contribution in [0.2, 0.25) is 5.28 Å². The van der Waals surface area contributed by atoms with Crippen molar-refractivity contribution in [2.45, 2.75) is 27.0 Å². The number of fused-ring (bicyclic) bond motifs is 1. The second-order valence-electron chi connectivity index (χ2n) is 12.8. The Morgan fingerprint density at radius 3 is 1.80 bits per heavy atom. The largest absolute Gasteiger partial charge is 1.00 e. The summed E-state index contributed by atoms with van der Waals surface area (Å²) < 4.78 is 168. The smallest absolute Gasteiger partial charge is 0.744 e. The topological polar surface area (TPSA) is 409 Å². The summed E-state index contributed by atoms with van der Waals surface area (Å²) in [4.78, 5) is 21.6. The Hall–Kier alpha value is -2.32. The first-order chi connectivity index (χ1) is 30.2. The number of sulfone groups is 1. The van der Waals surface area contributed by atoms with E-state index < -0.39 is 101 Å². The maximum absolute atomic E-state index is 13.0. The van der Waals surface area contributed by atoms with Crippen LogP contribution in [-0.4, -0.2) is 98.6 Å². The van der Waals surface area contributed by atoms with Gasteiger partial charge in [-0.2, -0.15) is 15.0 Å². The zero-order valence-electron chi connectivity index (χ0n) is 35.7. The van der Waals surface area contributed by atoms with Crippen LogP contribution in [0.3, 0.4) is 0 Å². The van der Waals surface area contributed by atoms with Crippen LogP contribution < -0.4 is 134 Å². The number of carbonyl (C=O) groups is 1. The predicted octanol–water partition coefficient (Wildman–Crippen LogP) is -7.85. The summed E-state index contributed by atoms with van der Waals surface area (Å²) >= 11 is 6.11. The molecule has 0 aliphatic rings. The molecule has 6 aromatic rings. The number of azo groups is 1. The van der Waals surface area contributed by atoms with Gasteiger partial charge >= 0.3 is 118 Å². The van der Waals surface area contributed by atoms with E-state index in [1.54, 1.807) is 0 Å². The molecule has 6 rings (SSSR count). The van der Waals surface area contributed by atoms with Crippen molar-refractivity contribution in [2.75, 3.05) is 28.3 Å². The number of hydrogen-bond donors (Lipinski definition) is 4. The molecule has 0 aliphatic carbocycles. The third-order valence-corrected chi connectivity index (χ3v) is 13.2. The fraction of sp³-hybridized carbons (Fsp3) is 0.0857. The second-order valence-corrected chi connectivity index (χ2v) is 20.4. The molecular weight excluding hydrogens is 1090 g/mol. The molecule has 25 nitrogen and oxygen atoms in total. The molecule has 1 heterocycles. The Bertz CT molecular complexity index is 3530. The summed E-state index contributed by atoms with van der Waals surface area (Å²) in [6.45, 7) is -0.914. The number of nitrogens with zero attached hydrogens (tertiary/aromatic N) is 5. The van der Waals surface area contributed by atoms with E-state index in [0.717, 1.165) is 36.4 Å². The SMILES string of the molecule is C.O=C(Nc1cccc(S(=O)(=O)CCOS(=O)(=O)[O-])c1)c1ccc(Nc2nc(Cl)nc(Nc3ccc(S(=O)(=O)[O-])c(N=Nc4c(S(=O)(=O)[O-])cc5cc(S(=O)(=O)[O-])ccc5c4O)c3)n2)cc1.[Na+].[Na+].[Na+].[Na+]. The number of rotatable bonds is 16. The molecule has 4 N–H and O–H groups in total. The molecule has 0 saturated heterocycles. The fourth-order valence-electron chi connectivity index (χ4n) is 5.52. The van der Waals surface area contributed by atoms with Crippen molar-refractivity contribution in [1.29, 1.82) is 0 Å². The molecule has 350 valence electrons. The Morgan fingerprint density at radius 1 is 0.643 bits per heavy atom. The van der Waals surface area contributed by atoms with Crippen molar-refractivity contribution in [3.05, 3.63) is 102 Å². The number of phenolic OH excluding ortho intramolecular Hbond substituents is 1. The van der Waals surface area contributed by atoms with Gasteiger partial charge in [0.25, 0.3) is 5.91 Å². The van der Waals surface area contributed by atoms with Crippen molar-refractivity contribution in [3.63, 3.8) is 0 Å². The molecule has 0 fully saturated rings. The Balaban J connectivity index is 0.00000490. The number of benzene rings is 5. The molecule has 0 saturated carbocycles. The van der Waals surface area contributed by atoms with Crippen molar-refractivity contribution in [1.82, 2.24) is 15.0 Å². The number of carbonyl (C=O) groups excluding carboxylic acids is 1. The third kappa shape index (κ3) is 17.7. The number of aromatic hydroxyl groups is 1. The minimum atomic E-state index is -5.53. The summed E-state index contributed by atoms with van der Waals surface area (Å²) in [5, 5.41) is 25.0. The van der Waals surface area contributed by atoms with Gasteiger partial charge in [-0.15, -0.1) is 10.2 Å². The van der Waals surface area contributed by atoms with Crippen LogP contribution in [-0.2, 0) is 54.8 Å². The molecule has 0 bridgehead atoms. The molecule has 0 spiro atoms. The summed E-state index contributed by atoms with van der Waals surface area (Å²) in [7, 11) is -25.1. The first-order valence-corrected chi connectivity index (χ1v) is 24.8. The van der Waals surface area contributed by atoms with Crippen LogP contribution >= 0.6 is 11.6 Å². The average Bonchev–Trinajstić information content (AvgIpc) is 3.18. The number of anilines is 5. The minimum Gasteiger partial charge on any atom is -0.744 e. The van der Waals surface area contributed by atoms with Gasteiger partial charge in [-0.05, 0) is 102 Å². The number of hydrogen-bond acceptors (Lipinski definition) is 24. The van der Waals surface area contributed by atoms with Crippen LogP contribution in [0, 0.1) is 0 Å². The molecule has 0 aliphatic heterocycles. The van der Waals surface area contributed by atoms with E-state index in [0.29, 0.717) is 17.8 Å². The number of nitrogens with one attached hydrogen (secondary N) is 3. The van der Waals surface area contributed by atoms with Crippen molar-refractivity contribution < 1.29 is 193 Å². The summed E-state index contributed by atoms with van der Waals surface area (Å²) in [6, 6.07) is 16.3. The van der Waals surface area contributed by atoms with Crippen molar-refractivity contribution in [2.24, 2.45) is 10.2 Å². The van der Waals surface area contributed by atoms with Gasteiger partial charge in [0, 0.05) is 28.0 Å². The monoisotopic (exact) mass is 1120 g/mol. The normalized spacial score (nSPS) is 11.7. The Labute approximate surface area is 493 Å². The first-order valence-electron chi connectivity index (χ1n) is 17.2. The summed E-state index contributed by atoms with van der Waals surface area (Å²) in [6.07, 6.45) is 0. The first kappa shape index (κ1) is 65.7. The van der Waals surface area contributed by atoms with Crippen LogP contribution in [0.1, 0.15) is 17.8 Å². The number of phenols is 1. The van der Waals surface area contributed by atoms with Crippen LogP contribution in [0.25, 0.3) is 10.8 Å². The third-order valence-electron chi connectivity index (χ3n) is 8.36. The van der Waals surface area contributed by atoms with Gasteiger partial charge in [0.15, 0.2) is 15.6 Å². The quantitative estimate of drug-likeness (QED) is 0.0303. The maximum Gasteiger partial charge on any atom is 1.00 e. The second kappa shape index (κ2) is 26.3. The van der Waals surface area contributed by atoms with Crippen molar-refractivity contribution in [3.8, 4) is 5.75 Å². The molecule has 1 amide bonds. The average molecular weight is 1120 g/mol. The number of halogens is 1. The zero-order valence-corrected chi connectivity index (χ0v) is 48.5. The van der Waals surface area contributed by atoms with Crippen LogP contribution in [0.4, 0.5) is 40.3 Å². The van der Waals surface area contributed by atoms with Gasteiger partial charge < -0.3 is 39.3 Å². The van der Waals surface area contributed by atoms with E-state index >= 15 is 0 Å². The van der Waals surface area contributed by atoms with E-state index in [4.69, 9.17) is 11.6 Å². The molecule has 35 heteroatoms. The van der Waals surface area contributed by atoms with E-state index in [9.17, 15) is 70.2 Å². The Morgan fingerprint density at radius 2 is 1.23 bits per heavy atom. The molecule has 5 aromatic carbocycles. The van der Waals surface area contributed by atoms with E-state index in [1.807, 2.05) is 0 Å². The summed E-state index contributed by atoms with van der Waals surface area (Å²) in [5.74, 6) is -3.02. The Kier molecular flexibility index (Phi) is 24.6. The molecule has 0 unspecified atom stereocenters. The van der Waals surface area contributed by atoms with Gasteiger partial charge in [-0.1, -0.05) is 13.5 Å². The predicted molar refractivity (Wildman–Crippen MR) is 227 cm³/mol. The molecular formula is C35H27ClN8Na4O17S5. The standard InChI is InChI=1S/C34H27ClN8O17S5.CH4.4Na/c35-32-39-33(37-20-6-4-18(5-7-20)31(45)36-21-2-1-3-23(16-21)61(46,47)13-12-60-65(57,58)59)41-34(40-32)38-22-8-11-27(63(51,52)53)26(17-22)42-43-29-28(64(54,55)56)15-19-14-24(62(48,49)50)9-10-25(19)30(29)44;;;;;/h1-11,14-17,44H,12-13H2,(H,36,45)(H,48,49,50)(H,51,52,53)(H,54,55,56)(H,57,58,59)(H2,37,38,39,40,41);1H4;;;;/q;;4*+1/p-4. The van der Waals surface area contributed by atoms with Gasteiger partial charge in [-0.25, -0.2) is 42.1 Å².